The van der Waals surface area contributed by atoms with Crippen molar-refractivity contribution in [2.24, 2.45) is 0 Å². The highest BCUT2D eigenvalue weighted by Crippen LogP contribution is 2.47. The van der Waals surface area contributed by atoms with Gasteiger partial charge >= 0.3 is 0 Å². The quantitative estimate of drug-likeness (QED) is 0.168. The summed E-state index contributed by atoms with van der Waals surface area (Å²) in [4.78, 5) is 2.39. The third-order valence-electron chi connectivity index (χ3n) is 12.6. The molecule has 13 rings (SSSR count). The molecule has 0 atom stereocenters. The van der Waals surface area contributed by atoms with Crippen LogP contribution in [0.1, 0.15) is 0 Å². The predicted octanol–water partition coefficient (Wildman–Crippen LogP) is 16.5. The van der Waals surface area contributed by atoms with Crippen LogP contribution in [0.25, 0.3) is 104 Å². The zero-order valence-electron chi connectivity index (χ0n) is 33.5. The van der Waals surface area contributed by atoms with Crippen molar-refractivity contribution in [3.8, 4) is 27.9 Å². The van der Waals surface area contributed by atoms with Crippen molar-refractivity contribution in [1.29, 1.82) is 0 Å². The van der Waals surface area contributed by atoms with Crippen LogP contribution in [0.15, 0.2) is 227 Å². The monoisotopic (exact) mass is 792 g/mol. The number of rotatable bonds is 6. The second-order valence-corrected chi connectivity index (χ2v) is 16.0. The summed E-state index contributed by atoms with van der Waals surface area (Å²) >= 11 is 0. The fourth-order valence-corrected chi connectivity index (χ4v) is 9.86. The third kappa shape index (κ3) is 5.20. The van der Waals surface area contributed by atoms with E-state index in [4.69, 9.17) is 8.83 Å². The standard InChI is InChI=1S/C58H36N2O2/c1-2-14-43-37(13-1)29-36-49-57-47(20-12-26-55(57)62-58(43)49)46-17-5-7-21-50(46)59(39-30-27-38(28-31-39)42-19-11-25-54-56(42)48-18-6-10-24-53(48)61-54)40-32-34-41(35-33-40)60-51-22-8-3-15-44(51)45-16-4-9-23-52(45)60/h1-36H. The maximum atomic E-state index is 6.69. The molecule has 4 heteroatoms. The number of aromatic nitrogens is 1. The fraction of sp³-hybridized carbons (Fsp3) is 0. The second kappa shape index (κ2) is 13.6. The molecule has 0 unspecified atom stereocenters. The van der Waals surface area contributed by atoms with Crippen molar-refractivity contribution in [3.05, 3.63) is 218 Å². The zero-order valence-corrected chi connectivity index (χ0v) is 33.5. The first-order valence-corrected chi connectivity index (χ1v) is 21.1. The number of hydrogen-bond acceptors (Lipinski definition) is 3. The van der Waals surface area contributed by atoms with Gasteiger partial charge in [0, 0.05) is 60.3 Å². The number of fused-ring (bicyclic) bond motifs is 11. The van der Waals surface area contributed by atoms with Crippen LogP contribution < -0.4 is 4.90 Å². The summed E-state index contributed by atoms with van der Waals surface area (Å²) in [7, 11) is 0. The summed E-state index contributed by atoms with van der Waals surface area (Å²) in [6.45, 7) is 0. The van der Waals surface area contributed by atoms with Gasteiger partial charge in [0.25, 0.3) is 0 Å². The lowest BCUT2D eigenvalue weighted by atomic mass is 9.96. The van der Waals surface area contributed by atoms with Gasteiger partial charge in [0.2, 0.25) is 0 Å². The molecule has 290 valence electrons. The smallest absolute Gasteiger partial charge is 0.143 e. The van der Waals surface area contributed by atoms with Gasteiger partial charge in [-0.05, 0) is 101 Å². The molecule has 0 N–H and O–H groups in total. The first kappa shape index (κ1) is 34.5. The number of anilines is 3. The molecule has 0 aliphatic carbocycles. The maximum absolute atomic E-state index is 6.69. The Morgan fingerprint density at radius 3 is 1.65 bits per heavy atom. The van der Waals surface area contributed by atoms with Gasteiger partial charge in [-0.2, -0.15) is 0 Å². The maximum Gasteiger partial charge on any atom is 0.143 e. The lowest BCUT2D eigenvalue weighted by Crippen LogP contribution is -2.11. The number of benzene rings is 10. The van der Waals surface area contributed by atoms with E-state index in [1.54, 1.807) is 0 Å². The van der Waals surface area contributed by atoms with Crippen LogP contribution in [0, 0.1) is 0 Å². The Morgan fingerprint density at radius 1 is 0.339 bits per heavy atom. The molecule has 4 nitrogen and oxygen atoms in total. The molecular weight excluding hydrogens is 757 g/mol. The molecular formula is C58H36N2O2. The van der Waals surface area contributed by atoms with Crippen LogP contribution in [-0.4, -0.2) is 4.57 Å². The van der Waals surface area contributed by atoms with Crippen LogP contribution in [0.2, 0.25) is 0 Å². The Balaban J connectivity index is 1.00. The number of nitrogens with zero attached hydrogens (tertiary/aromatic N) is 2. The largest absolute Gasteiger partial charge is 0.456 e. The minimum atomic E-state index is 0.871. The Kier molecular flexibility index (Phi) is 7.57. The van der Waals surface area contributed by atoms with Gasteiger partial charge in [0.1, 0.15) is 22.3 Å². The Hall–Kier alpha value is -8.34. The molecule has 0 spiro atoms. The number of hydrogen-bond donors (Lipinski definition) is 0. The van der Waals surface area contributed by atoms with Crippen LogP contribution in [0.5, 0.6) is 0 Å². The number of furan rings is 2. The molecule has 0 aliphatic rings. The molecule has 13 aromatic rings. The minimum Gasteiger partial charge on any atom is -0.456 e. The summed E-state index contributed by atoms with van der Waals surface area (Å²) < 4.78 is 15.3. The minimum absolute atomic E-state index is 0.871. The summed E-state index contributed by atoms with van der Waals surface area (Å²) in [6, 6.07) is 78.0. The second-order valence-electron chi connectivity index (χ2n) is 16.0. The van der Waals surface area contributed by atoms with Gasteiger partial charge in [-0.25, -0.2) is 0 Å². The number of para-hydroxylation sites is 4. The van der Waals surface area contributed by atoms with Crippen LogP contribution in [0.4, 0.5) is 17.1 Å². The highest BCUT2D eigenvalue weighted by atomic mass is 16.3. The molecule has 0 aliphatic heterocycles. The lowest BCUT2D eigenvalue weighted by Gasteiger charge is -2.28. The van der Waals surface area contributed by atoms with E-state index in [0.717, 1.165) is 99.7 Å². The fourth-order valence-electron chi connectivity index (χ4n) is 9.86. The van der Waals surface area contributed by atoms with Gasteiger partial charge in [-0.3, -0.25) is 0 Å². The Bertz CT molecular complexity index is 3810. The molecule has 3 aromatic heterocycles. The van der Waals surface area contributed by atoms with E-state index < -0.39 is 0 Å². The van der Waals surface area contributed by atoms with Crippen LogP contribution >= 0.6 is 0 Å². The molecule has 0 saturated carbocycles. The average Bonchev–Trinajstić information content (AvgIpc) is 4.03. The molecule has 0 saturated heterocycles. The summed E-state index contributed by atoms with van der Waals surface area (Å²) in [5, 5.41) is 9.24. The topological polar surface area (TPSA) is 34.5 Å². The van der Waals surface area contributed by atoms with E-state index in [2.05, 4.69) is 216 Å². The molecule has 3 heterocycles. The van der Waals surface area contributed by atoms with Gasteiger partial charge < -0.3 is 18.3 Å². The molecule has 0 bridgehead atoms. The van der Waals surface area contributed by atoms with Crippen molar-refractivity contribution in [1.82, 2.24) is 4.57 Å². The Labute approximate surface area is 356 Å². The van der Waals surface area contributed by atoms with Gasteiger partial charge in [0.05, 0.1) is 16.7 Å². The van der Waals surface area contributed by atoms with E-state index in [0.29, 0.717) is 0 Å². The van der Waals surface area contributed by atoms with E-state index in [1.807, 2.05) is 12.1 Å². The van der Waals surface area contributed by atoms with Gasteiger partial charge in [0.15, 0.2) is 0 Å². The van der Waals surface area contributed by atoms with Crippen molar-refractivity contribution >= 4 is 93.5 Å². The summed E-state index contributed by atoms with van der Waals surface area (Å²) in [5.41, 5.74) is 14.7. The van der Waals surface area contributed by atoms with Gasteiger partial charge in [-0.1, -0.05) is 140 Å². The van der Waals surface area contributed by atoms with Crippen LogP contribution in [0.3, 0.4) is 0 Å². The van der Waals surface area contributed by atoms with E-state index in [9.17, 15) is 0 Å². The Morgan fingerprint density at radius 2 is 0.887 bits per heavy atom. The SMILES string of the molecule is c1ccc(N(c2ccc(-c3cccc4oc5ccccc5c34)cc2)c2ccc(-n3c4ccccc4c4ccccc43)cc2)c(-c2cccc3oc4c5ccccc5ccc4c23)c1. The van der Waals surface area contributed by atoms with E-state index in [-0.39, 0.29) is 0 Å². The summed E-state index contributed by atoms with van der Waals surface area (Å²) in [5.74, 6) is 0. The average molecular weight is 793 g/mol. The van der Waals surface area contributed by atoms with Crippen molar-refractivity contribution < 1.29 is 8.83 Å². The lowest BCUT2D eigenvalue weighted by molar-refractivity contribution is 0.669. The van der Waals surface area contributed by atoms with E-state index in [1.165, 1.54) is 21.8 Å². The van der Waals surface area contributed by atoms with Gasteiger partial charge in [-0.15, -0.1) is 0 Å². The van der Waals surface area contributed by atoms with Crippen molar-refractivity contribution in [2.45, 2.75) is 0 Å². The first-order valence-electron chi connectivity index (χ1n) is 21.1. The van der Waals surface area contributed by atoms with Crippen molar-refractivity contribution in [2.75, 3.05) is 4.90 Å². The van der Waals surface area contributed by atoms with E-state index >= 15 is 0 Å². The molecule has 62 heavy (non-hydrogen) atoms. The third-order valence-corrected chi connectivity index (χ3v) is 12.6. The molecule has 0 fully saturated rings. The first-order chi connectivity index (χ1) is 30.8. The molecule has 10 aromatic carbocycles. The summed E-state index contributed by atoms with van der Waals surface area (Å²) in [6.07, 6.45) is 0. The normalized spacial score (nSPS) is 11.9. The highest BCUT2D eigenvalue weighted by Gasteiger charge is 2.22. The molecule has 0 amide bonds. The van der Waals surface area contributed by atoms with Crippen LogP contribution in [-0.2, 0) is 0 Å². The zero-order chi connectivity index (χ0) is 40.7. The van der Waals surface area contributed by atoms with Crippen molar-refractivity contribution in [3.63, 3.8) is 0 Å². The highest BCUT2D eigenvalue weighted by molar-refractivity contribution is 6.20. The predicted molar refractivity (Wildman–Crippen MR) is 258 cm³/mol. The molecule has 0 radical (unpaired) electrons.